The minimum Gasteiger partial charge on any atom is -0.456 e. The number of rotatable bonds is 1. The molecule has 3 heteroatoms. The average molecular weight is 396 g/mol. The van der Waals surface area contributed by atoms with Crippen LogP contribution in [0.4, 0.5) is 0 Å². The Morgan fingerprint density at radius 1 is 0.548 bits per heavy atom. The SMILES string of the molecule is c1ccc2cc3c(cc2c1)oc1ccc(-c2ccc4ccc5cccnc5c4n2)cc13. The predicted octanol–water partition coefficient (Wildman–Crippen LogP) is 7.50. The normalized spacial score (nSPS) is 11.9. The van der Waals surface area contributed by atoms with Crippen LogP contribution in [0, 0.1) is 0 Å². The number of nitrogens with zero attached hydrogens (tertiary/aromatic N) is 2. The van der Waals surface area contributed by atoms with Gasteiger partial charge in [0.15, 0.2) is 0 Å². The van der Waals surface area contributed by atoms with Gasteiger partial charge in [-0.1, -0.05) is 48.5 Å². The maximum Gasteiger partial charge on any atom is 0.136 e. The number of pyridine rings is 2. The molecule has 0 bridgehead atoms. The molecule has 144 valence electrons. The van der Waals surface area contributed by atoms with Gasteiger partial charge >= 0.3 is 0 Å². The van der Waals surface area contributed by atoms with Gasteiger partial charge in [-0.3, -0.25) is 4.98 Å². The molecule has 3 aromatic heterocycles. The summed E-state index contributed by atoms with van der Waals surface area (Å²) >= 11 is 0. The van der Waals surface area contributed by atoms with Gasteiger partial charge in [-0.15, -0.1) is 0 Å². The highest BCUT2D eigenvalue weighted by Crippen LogP contribution is 2.35. The Bertz CT molecular complexity index is 1800. The molecule has 0 saturated heterocycles. The van der Waals surface area contributed by atoms with E-state index in [4.69, 9.17) is 9.40 Å². The molecule has 0 aliphatic heterocycles. The second-order valence-corrected chi connectivity index (χ2v) is 7.92. The van der Waals surface area contributed by atoms with Gasteiger partial charge in [0.25, 0.3) is 0 Å². The Balaban J connectivity index is 1.48. The van der Waals surface area contributed by atoms with Crippen molar-refractivity contribution in [3.05, 3.63) is 97.2 Å². The van der Waals surface area contributed by atoms with Crippen LogP contribution in [-0.2, 0) is 0 Å². The van der Waals surface area contributed by atoms with E-state index in [0.29, 0.717) is 0 Å². The van der Waals surface area contributed by atoms with E-state index in [1.54, 1.807) is 0 Å². The molecule has 0 N–H and O–H groups in total. The molecule has 31 heavy (non-hydrogen) atoms. The minimum atomic E-state index is 0.891. The molecule has 0 aliphatic carbocycles. The number of fused-ring (bicyclic) bond motifs is 7. The van der Waals surface area contributed by atoms with Crippen molar-refractivity contribution in [3.63, 3.8) is 0 Å². The van der Waals surface area contributed by atoms with E-state index in [2.05, 4.69) is 83.8 Å². The zero-order valence-electron chi connectivity index (χ0n) is 16.5. The predicted molar refractivity (Wildman–Crippen MR) is 127 cm³/mol. The van der Waals surface area contributed by atoms with Crippen LogP contribution in [0.5, 0.6) is 0 Å². The number of hydrogen-bond acceptors (Lipinski definition) is 3. The van der Waals surface area contributed by atoms with Crippen LogP contribution in [0.3, 0.4) is 0 Å². The van der Waals surface area contributed by atoms with E-state index in [1.165, 1.54) is 10.8 Å². The molecule has 7 rings (SSSR count). The van der Waals surface area contributed by atoms with Crippen LogP contribution in [0.25, 0.3) is 65.8 Å². The van der Waals surface area contributed by atoms with Crippen molar-refractivity contribution in [1.29, 1.82) is 0 Å². The molecule has 7 aromatic rings. The first-order chi connectivity index (χ1) is 15.3. The van der Waals surface area contributed by atoms with E-state index in [0.717, 1.165) is 55.0 Å². The Morgan fingerprint density at radius 2 is 1.29 bits per heavy atom. The van der Waals surface area contributed by atoms with Crippen molar-refractivity contribution in [1.82, 2.24) is 9.97 Å². The van der Waals surface area contributed by atoms with Gasteiger partial charge in [0.2, 0.25) is 0 Å². The Morgan fingerprint density at radius 3 is 2.19 bits per heavy atom. The molecular weight excluding hydrogens is 380 g/mol. The maximum atomic E-state index is 6.15. The Labute approximate surface area is 177 Å². The zero-order valence-corrected chi connectivity index (χ0v) is 16.5. The molecule has 0 aliphatic rings. The number of benzene rings is 4. The third kappa shape index (κ3) is 2.47. The van der Waals surface area contributed by atoms with Crippen molar-refractivity contribution < 1.29 is 4.42 Å². The number of aromatic nitrogens is 2. The fourth-order valence-electron chi connectivity index (χ4n) is 4.51. The lowest BCUT2D eigenvalue weighted by molar-refractivity contribution is 0.669. The zero-order chi connectivity index (χ0) is 20.4. The second kappa shape index (κ2) is 6.13. The highest BCUT2D eigenvalue weighted by atomic mass is 16.3. The molecular formula is C28H16N2O. The van der Waals surface area contributed by atoms with Crippen molar-refractivity contribution in [3.8, 4) is 11.3 Å². The van der Waals surface area contributed by atoms with Gasteiger partial charge in [-0.2, -0.15) is 0 Å². The molecule has 0 unspecified atom stereocenters. The summed E-state index contributed by atoms with van der Waals surface area (Å²) in [5.41, 5.74) is 5.66. The molecule has 4 aromatic carbocycles. The molecule has 3 nitrogen and oxygen atoms in total. The standard InChI is InChI=1S/C28H16N2O/c1-2-5-20-16-26-23(14-19(20)4-1)22-15-21(10-12-25(22)31-26)24-11-9-18-8-7-17-6-3-13-29-27(17)28(18)30-24/h1-16H. The van der Waals surface area contributed by atoms with E-state index < -0.39 is 0 Å². The minimum absolute atomic E-state index is 0.891. The summed E-state index contributed by atoms with van der Waals surface area (Å²) in [5, 5.41) is 6.83. The fourth-order valence-corrected chi connectivity index (χ4v) is 4.51. The van der Waals surface area contributed by atoms with E-state index >= 15 is 0 Å². The van der Waals surface area contributed by atoms with Crippen molar-refractivity contribution in [2.24, 2.45) is 0 Å². The summed E-state index contributed by atoms with van der Waals surface area (Å²) in [7, 11) is 0. The summed E-state index contributed by atoms with van der Waals surface area (Å²) in [5.74, 6) is 0. The molecule has 0 atom stereocenters. The lowest BCUT2D eigenvalue weighted by Crippen LogP contribution is -1.88. The topological polar surface area (TPSA) is 38.9 Å². The highest BCUT2D eigenvalue weighted by molar-refractivity contribution is 6.11. The lowest BCUT2D eigenvalue weighted by atomic mass is 10.0. The first kappa shape index (κ1) is 16.5. The Hall–Kier alpha value is -4.24. The molecule has 0 radical (unpaired) electrons. The summed E-state index contributed by atoms with van der Waals surface area (Å²) in [4.78, 5) is 9.58. The molecule has 0 fully saturated rings. The highest BCUT2D eigenvalue weighted by Gasteiger charge is 2.11. The first-order valence-electron chi connectivity index (χ1n) is 10.3. The van der Waals surface area contributed by atoms with Crippen LogP contribution < -0.4 is 0 Å². The van der Waals surface area contributed by atoms with Gasteiger partial charge < -0.3 is 4.42 Å². The van der Waals surface area contributed by atoms with Crippen LogP contribution >= 0.6 is 0 Å². The third-order valence-electron chi connectivity index (χ3n) is 6.07. The van der Waals surface area contributed by atoms with E-state index in [1.807, 2.05) is 18.3 Å². The van der Waals surface area contributed by atoms with Crippen LogP contribution in [-0.4, -0.2) is 9.97 Å². The quantitative estimate of drug-likeness (QED) is 0.270. The van der Waals surface area contributed by atoms with Gasteiger partial charge in [-0.25, -0.2) is 4.98 Å². The molecule has 0 saturated carbocycles. The maximum absolute atomic E-state index is 6.15. The number of furan rings is 1. The average Bonchev–Trinajstić information content (AvgIpc) is 3.18. The largest absolute Gasteiger partial charge is 0.456 e. The van der Waals surface area contributed by atoms with Crippen molar-refractivity contribution in [2.45, 2.75) is 0 Å². The smallest absolute Gasteiger partial charge is 0.136 e. The molecule has 0 amide bonds. The van der Waals surface area contributed by atoms with Crippen LogP contribution in [0.15, 0.2) is 102 Å². The van der Waals surface area contributed by atoms with Gasteiger partial charge in [-0.05, 0) is 53.2 Å². The van der Waals surface area contributed by atoms with Crippen molar-refractivity contribution >= 4 is 54.5 Å². The monoisotopic (exact) mass is 396 g/mol. The lowest BCUT2D eigenvalue weighted by Gasteiger charge is -2.06. The van der Waals surface area contributed by atoms with Gasteiger partial charge in [0.05, 0.1) is 16.7 Å². The van der Waals surface area contributed by atoms with E-state index in [-0.39, 0.29) is 0 Å². The number of hydrogen-bond donors (Lipinski definition) is 0. The Kier molecular flexibility index (Phi) is 3.27. The van der Waals surface area contributed by atoms with Gasteiger partial charge in [0, 0.05) is 33.3 Å². The fraction of sp³-hybridized carbons (Fsp3) is 0. The van der Waals surface area contributed by atoms with Crippen molar-refractivity contribution in [2.75, 3.05) is 0 Å². The van der Waals surface area contributed by atoms with Crippen LogP contribution in [0.1, 0.15) is 0 Å². The van der Waals surface area contributed by atoms with Crippen LogP contribution in [0.2, 0.25) is 0 Å². The van der Waals surface area contributed by atoms with E-state index in [9.17, 15) is 0 Å². The summed E-state index contributed by atoms with van der Waals surface area (Å²) in [6.07, 6.45) is 1.82. The summed E-state index contributed by atoms with van der Waals surface area (Å²) < 4.78 is 6.15. The third-order valence-corrected chi connectivity index (χ3v) is 6.07. The molecule has 0 spiro atoms. The summed E-state index contributed by atoms with van der Waals surface area (Å²) in [6, 6.07) is 31.5. The first-order valence-corrected chi connectivity index (χ1v) is 10.3. The second-order valence-electron chi connectivity index (χ2n) is 7.92. The van der Waals surface area contributed by atoms with Gasteiger partial charge in [0.1, 0.15) is 11.2 Å². The molecule has 3 heterocycles. The summed E-state index contributed by atoms with van der Waals surface area (Å²) in [6.45, 7) is 0.